The molecule has 0 radical (unpaired) electrons. The molecule has 0 aromatic carbocycles. The van der Waals surface area contributed by atoms with Gasteiger partial charge in [0.05, 0.1) is 12.4 Å². The summed E-state index contributed by atoms with van der Waals surface area (Å²) in [5.74, 6) is 0.643. The predicted molar refractivity (Wildman–Crippen MR) is 64.9 cm³/mol. The first-order valence-corrected chi connectivity index (χ1v) is 6.01. The minimum absolute atomic E-state index is 0.288. The molecule has 2 nitrogen and oxygen atoms in total. The molecule has 15 heavy (non-hydrogen) atoms. The Morgan fingerprint density at radius 2 is 1.80 bits per heavy atom. The highest BCUT2D eigenvalue weighted by Gasteiger charge is 1.93. The second-order valence-electron chi connectivity index (χ2n) is 4.52. The molecule has 0 bridgehead atoms. The third-order valence-electron chi connectivity index (χ3n) is 1.81. The van der Waals surface area contributed by atoms with Crippen molar-refractivity contribution in [1.29, 1.82) is 0 Å². The molecular formula is C13H26O2. The molecule has 0 N–H and O–H groups in total. The van der Waals surface area contributed by atoms with E-state index in [0.717, 1.165) is 26.1 Å². The first-order chi connectivity index (χ1) is 7.13. The van der Waals surface area contributed by atoms with E-state index in [1.165, 1.54) is 6.42 Å². The van der Waals surface area contributed by atoms with Crippen molar-refractivity contribution < 1.29 is 9.47 Å². The molecular weight excluding hydrogens is 188 g/mol. The molecule has 0 aliphatic rings. The molecule has 0 fully saturated rings. The van der Waals surface area contributed by atoms with Crippen molar-refractivity contribution in [2.45, 2.75) is 53.1 Å². The third-order valence-corrected chi connectivity index (χ3v) is 1.81. The van der Waals surface area contributed by atoms with Crippen LogP contribution >= 0.6 is 0 Å². The average Bonchev–Trinajstić information content (AvgIpc) is 2.14. The smallest absolute Gasteiger partial charge is 0.0922 e. The Labute approximate surface area is 94.7 Å². The molecule has 0 atom stereocenters. The van der Waals surface area contributed by atoms with E-state index < -0.39 is 0 Å². The molecule has 0 aliphatic heterocycles. The fourth-order valence-electron chi connectivity index (χ4n) is 1.07. The number of hydrogen-bond acceptors (Lipinski definition) is 2. The van der Waals surface area contributed by atoms with Gasteiger partial charge in [-0.25, -0.2) is 0 Å². The Morgan fingerprint density at radius 3 is 2.40 bits per heavy atom. The van der Waals surface area contributed by atoms with Crippen molar-refractivity contribution in [1.82, 2.24) is 0 Å². The van der Waals surface area contributed by atoms with E-state index in [1.54, 1.807) is 6.26 Å². The Morgan fingerprint density at radius 1 is 1.07 bits per heavy atom. The van der Waals surface area contributed by atoms with Gasteiger partial charge in [0, 0.05) is 13.2 Å². The van der Waals surface area contributed by atoms with Crippen molar-refractivity contribution in [3.05, 3.63) is 12.3 Å². The molecule has 0 saturated heterocycles. The van der Waals surface area contributed by atoms with Gasteiger partial charge in [-0.1, -0.05) is 13.8 Å². The third kappa shape index (κ3) is 13.5. The lowest BCUT2D eigenvalue weighted by Crippen LogP contribution is -2.02. The minimum Gasteiger partial charge on any atom is -0.499 e. The van der Waals surface area contributed by atoms with E-state index in [9.17, 15) is 0 Å². The fraction of sp³-hybridized carbons (Fsp3) is 0.846. The summed E-state index contributed by atoms with van der Waals surface area (Å²) in [6.45, 7) is 10.2. The fourth-order valence-corrected chi connectivity index (χ4v) is 1.07. The van der Waals surface area contributed by atoms with E-state index in [2.05, 4.69) is 19.9 Å². The molecule has 0 unspecified atom stereocenters. The zero-order valence-electron chi connectivity index (χ0n) is 10.7. The van der Waals surface area contributed by atoms with Gasteiger partial charge in [-0.15, -0.1) is 0 Å². The van der Waals surface area contributed by atoms with Gasteiger partial charge in [0.2, 0.25) is 0 Å². The van der Waals surface area contributed by atoms with E-state index in [4.69, 9.17) is 9.47 Å². The van der Waals surface area contributed by atoms with Crippen LogP contribution in [0.2, 0.25) is 0 Å². The number of hydrogen-bond donors (Lipinski definition) is 0. The maximum Gasteiger partial charge on any atom is 0.0922 e. The van der Waals surface area contributed by atoms with Crippen LogP contribution in [0.15, 0.2) is 12.3 Å². The lowest BCUT2D eigenvalue weighted by molar-refractivity contribution is 0.107. The van der Waals surface area contributed by atoms with Crippen molar-refractivity contribution in [3.8, 4) is 0 Å². The van der Waals surface area contributed by atoms with Crippen LogP contribution < -0.4 is 0 Å². The summed E-state index contributed by atoms with van der Waals surface area (Å²) in [5, 5.41) is 0. The van der Waals surface area contributed by atoms with Crippen LogP contribution in [0.4, 0.5) is 0 Å². The van der Waals surface area contributed by atoms with Gasteiger partial charge < -0.3 is 9.47 Å². The highest BCUT2D eigenvalue weighted by atomic mass is 16.5. The molecule has 0 heterocycles. The van der Waals surface area contributed by atoms with Gasteiger partial charge in [-0.3, -0.25) is 0 Å². The van der Waals surface area contributed by atoms with Crippen LogP contribution in [-0.4, -0.2) is 19.3 Å². The van der Waals surface area contributed by atoms with Crippen LogP contribution in [0.5, 0.6) is 0 Å². The van der Waals surface area contributed by atoms with Gasteiger partial charge in [0.25, 0.3) is 0 Å². The lowest BCUT2D eigenvalue weighted by atomic mass is 10.2. The van der Waals surface area contributed by atoms with Gasteiger partial charge >= 0.3 is 0 Å². The topological polar surface area (TPSA) is 18.5 Å². The van der Waals surface area contributed by atoms with Crippen LogP contribution in [0.1, 0.15) is 47.0 Å². The Balaban J connectivity index is 3.08. The molecule has 0 saturated carbocycles. The zero-order valence-corrected chi connectivity index (χ0v) is 10.7. The predicted octanol–water partition coefficient (Wildman–Crippen LogP) is 3.77. The van der Waals surface area contributed by atoms with E-state index in [0.29, 0.717) is 5.92 Å². The molecule has 0 aromatic heterocycles. The maximum atomic E-state index is 5.48. The number of rotatable bonds is 9. The van der Waals surface area contributed by atoms with Gasteiger partial charge in [0.1, 0.15) is 0 Å². The first-order valence-electron chi connectivity index (χ1n) is 6.01. The zero-order chi connectivity index (χ0) is 11.5. The van der Waals surface area contributed by atoms with Gasteiger partial charge in [-0.2, -0.15) is 0 Å². The monoisotopic (exact) mass is 214 g/mol. The average molecular weight is 214 g/mol. The summed E-state index contributed by atoms with van der Waals surface area (Å²) >= 11 is 0. The van der Waals surface area contributed by atoms with E-state index in [-0.39, 0.29) is 6.10 Å². The molecule has 0 spiro atoms. The second kappa shape index (κ2) is 10.0. The summed E-state index contributed by atoms with van der Waals surface area (Å²) in [7, 11) is 0. The highest BCUT2D eigenvalue weighted by molar-refractivity contribution is 4.73. The van der Waals surface area contributed by atoms with E-state index >= 15 is 0 Å². The second-order valence-corrected chi connectivity index (χ2v) is 4.52. The summed E-state index contributed by atoms with van der Waals surface area (Å²) in [6, 6.07) is 0. The molecule has 0 aliphatic carbocycles. The number of allylic oxidation sites excluding steroid dienone is 1. The first kappa shape index (κ1) is 14.5. The largest absolute Gasteiger partial charge is 0.499 e. The highest BCUT2D eigenvalue weighted by Crippen LogP contribution is 2.00. The summed E-state index contributed by atoms with van der Waals surface area (Å²) in [6.07, 6.45) is 7.57. The van der Waals surface area contributed by atoms with E-state index in [1.807, 2.05) is 13.8 Å². The van der Waals surface area contributed by atoms with Crippen LogP contribution in [0.25, 0.3) is 0 Å². The standard InChI is InChI=1S/C13H26O2/c1-12(2)11-14-9-7-5-6-8-10-15-13(3)4/h8,10,12-13H,5-7,9,11H2,1-4H3/b10-8+. The minimum atomic E-state index is 0.288. The Hall–Kier alpha value is -0.500. The van der Waals surface area contributed by atoms with Crippen LogP contribution in [0, 0.1) is 5.92 Å². The summed E-state index contributed by atoms with van der Waals surface area (Å²) < 4.78 is 10.8. The molecule has 0 amide bonds. The quantitative estimate of drug-likeness (QED) is 0.429. The Bertz CT molecular complexity index is 151. The van der Waals surface area contributed by atoms with Gasteiger partial charge in [-0.05, 0) is 45.1 Å². The molecule has 0 rings (SSSR count). The SMILES string of the molecule is CC(C)COCCCC/C=C/OC(C)C. The van der Waals surface area contributed by atoms with Crippen molar-refractivity contribution in [3.63, 3.8) is 0 Å². The van der Waals surface area contributed by atoms with Crippen LogP contribution in [-0.2, 0) is 9.47 Å². The summed E-state index contributed by atoms with van der Waals surface area (Å²) in [4.78, 5) is 0. The van der Waals surface area contributed by atoms with Crippen molar-refractivity contribution in [2.75, 3.05) is 13.2 Å². The normalized spacial score (nSPS) is 11.9. The van der Waals surface area contributed by atoms with Crippen molar-refractivity contribution in [2.24, 2.45) is 5.92 Å². The molecule has 0 aromatic rings. The molecule has 90 valence electrons. The number of unbranched alkanes of at least 4 members (excludes halogenated alkanes) is 2. The van der Waals surface area contributed by atoms with Crippen molar-refractivity contribution >= 4 is 0 Å². The lowest BCUT2D eigenvalue weighted by Gasteiger charge is -2.05. The Kier molecular flexibility index (Phi) is 9.70. The van der Waals surface area contributed by atoms with Crippen LogP contribution in [0.3, 0.4) is 0 Å². The van der Waals surface area contributed by atoms with Gasteiger partial charge in [0.15, 0.2) is 0 Å². The number of ether oxygens (including phenoxy) is 2. The maximum absolute atomic E-state index is 5.48. The summed E-state index contributed by atoms with van der Waals surface area (Å²) in [5.41, 5.74) is 0. The molecule has 2 heteroatoms.